The first-order valence-corrected chi connectivity index (χ1v) is 6.64. The van der Waals surface area contributed by atoms with Crippen LogP contribution in [0.3, 0.4) is 0 Å². The van der Waals surface area contributed by atoms with Gasteiger partial charge in [0.15, 0.2) is 5.16 Å². The Kier molecular flexibility index (Phi) is 4.17. The van der Waals surface area contributed by atoms with Gasteiger partial charge in [-0.3, -0.25) is 4.79 Å². The maximum atomic E-state index is 11.1. The van der Waals surface area contributed by atoms with Crippen molar-refractivity contribution in [2.45, 2.75) is 18.1 Å². The third-order valence-corrected chi connectivity index (χ3v) is 3.56. The van der Waals surface area contributed by atoms with E-state index in [-0.39, 0.29) is 11.6 Å². The molecule has 0 aliphatic rings. The smallest absolute Gasteiger partial charge is 0.251 e. The molecule has 94 valence electrons. The summed E-state index contributed by atoms with van der Waals surface area (Å²) in [6.45, 7) is 2.04. The van der Waals surface area contributed by atoms with Crippen LogP contribution in [0.5, 0.6) is 0 Å². The molecule has 1 heterocycles. The van der Waals surface area contributed by atoms with Gasteiger partial charge in [0.1, 0.15) is 0 Å². The number of nitrogens with two attached hydrogens (primary N) is 1. The molecule has 0 saturated heterocycles. The summed E-state index contributed by atoms with van der Waals surface area (Å²) in [5, 5.41) is 0.602. The molecule has 1 aromatic carbocycles. The summed E-state index contributed by atoms with van der Waals surface area (Å²) < 4.78 is 0. The van der Waals surface area contributed by atoms with Gasteiger partial charge < -0.3 is 10.7 Å². The number of hydrogen-bond acceptors (Lipinski definition) is 4. The molecule has 1 aromatic heterocycles. The van der Waals surface area contributed by atoms with Gasteiger partial charge in [-0.25, -0.2) is 4.98 Å². The van der Waals surface area contributed by atoms with Gasteiger partial charge in [-0.05, 0) is 12.5 Å². The molecule has 0 saturated carbocycles. The fraction of sp³-hybridized carbons (Fsp3) is 0.231. The number of H-pyrrole nitrogens is 1. The van der Waals surface area contributed by atoms with Crippen LogP contribution in [0.25, 0.3) is 0 Å². The Hall–Kier alpha value is -1.59. The first kappa shape index (κ1) is 12.9. The molecule has 0 amide bonds. The summed E-state index contributed by atoms with van der Waals surface area (Å²) in [6, 6.07) is 9.47. The van der Waals surface area contributed by atoms with E-state index in [0.717, 1.165) is 5.56 Å². The lowest BCUT2D eigenvalue weighted by atomic mass is 10.1. The molecule has 18 heavy (non-hydrogen) atoms. The third kappa shape index (κ3) is 3.45. The number of aryl methyl sites for hydroxylation is 1. The highest BCUT2D eigenvalue weighted by atomic mass is 32.2. The van der Waals surface area contributed by atoms with Crippen molar-refractivity contribution in [3.8, 4) is 0 Å². The third-order valence-electron chi connectivity index (χ3n) is 2.55. The number of aromatic nitrogens is 2. The van der Waals surface area contributed by atoms with Gasteiger partial charge in [-0.1, -0.05) is 41.6 Å². The zero-order valence-corrected chi connectivity index (χ0v) is 10.9. The van der Waals surface area contributed by atoms with E-state index >= 15 is 0 Å². The minimum atomic E-state index is -0.142. The van der Waals surface area contributed by atoms with Crippen molar-refractivity contribution in [1.82, 2.24) is 9.97 Å². The SMILES string of the molecule is Cc1ccc(C(N)CSc2nccc(=O)[nH]2)cc1. The van der Waals surface area contributed by atoms with Gasteiger partial charge in [0, 0.05) is 24.1 Å². The van der Waals surface area contributed by atoms with E-state index in [9.17, 15) is 4.79 Å². The lowest BCUT2D eigenvalue weighted by Crippen LogP contribution is -2.14. The van der Waals surface area contributed by atoms with Gasteiger partial charge in [-0.15, -0.1) is 0 Å². The maximum Gasteiger partial charge on any atom is 0.251 e. The number of nitrogens with zero attached hydrogens (tertiary/aromatic N) is 1. The van der Waals surface area contributed by atoms with Crippen molar-refractivity contribution in [2.24, 2.45) is 5.73 Å². The van der Waals surface area contributed by atoms with E-state index in [0.29, 0.717) is 10.9 Å². The zero-order valence-electron chi connectivity index (χ0n) is 10.1. The summed E-state index contributed by atoms with van der Waals surface area (Å²) >= 11 is 1.45. The Morgan fingerprint density at radius 2 is 2.06 bits per heavy atom. The normalized spacial score (nSPS) is 12.3. The molecule has 0 radical (unpaired) electrons. The lowest BCUT2D eigenvalue weighted by molar-refractivity contribution is 0.824. The summed E-state index contributed by atoms with van der Waals surface area (Å²) in [7, 11) is 0. The number of thioether (sulfide) groups is 1. The topological polar surface area (TPSA) is 71.8 Å². The van der Waals surface area contributed by atoms with Crippen molar-refractivity contribution in [3.05, 3.63) is 58.0 Å². The standard InChI is InChI=1S/C13H15N3OS/c1-9-2-4-10(5-3-9)11(14)8-18-13-15-7-6-12(17)16-13/h2-7,11H,8,14H2,1H3,(H,15,16,17). The number of aromatic amines is 1. The van der Waals surface area contributed by atoms with Gasteiger partial charge in [0.05, 0.1) is 0 Å². The van der Waals surface area contributed by atoms with Gasteiger partial charge >= 0.3 is 0 Å². The second-order valence-electron chi connectivity index (χ2n) is 4.07. The van der Waals surface area contributed by atoms with Gasteiger partial charge in [-0.2, -0.15) is 0 Å². The second kappa shape index (κ2) is 5.84. The van der Waals surface area contributed by atoms with Crippen LogP contribution in [0.15, 0.2) is 46.5 Å². The summed E-state index contributed by atoms with van der Waals surface area (Å²) in [4.78, 5) is 17.8. The maximum absolute atomic E-state index is 11.1. The van der Waals surface area contributed by atoms with E-state index in [4.69, 9.17) is 5.73 Å². The minimum Gasteiger partial charge on any atom is -0.323 e. The Morgan fingerprint density at radius 3 is 2.72 bits per heavy atom. The molecule has 4 nitrogen and oxygen atoms in total. The van der Waals surface area contributed by atoms with Crippen LogP contribution in [0.1, 0.15) is 17.2 Å². The van der Waals surface area contributed by atoms with Gasteiger partial charge in [0.25, 0.3) is 5.56 Å². The van der Waals surface area contributed by atoms with E-state index in [1.165, 1.54) is 29.6 Å². The molecule has 1 atom stereocenters. The van der Waals surface area contributed by atoms with E-state index < -0.39 is 0 Å². The highest BCUT2D eigenvalue weighted by molar-refractivity contribution is 7.99. The Balaban J connectivity index is 1.98. The van der Waals surface area contributed by atoms with E-state index in [2.05, 4.69) is 9.97 Å². The summed E-state index contributed by atoms with van der Waals surface area (Å²) in [6.07, 6.45) is 1.50. The minimum absolute atomic E-state index is 0.0684. The number of nitrogens with one attached hydrogen (secondary N) is 1. The molecule has 2 aromatic rings. The Labute approximate surface area is 110 Å². The fourth-order valence-corrected chi connectivity index (χ4v) is 2.34. The quantitative estimate of drug-likeness (QED) is 0.651. The molecular weight excluding hydrogens is 246 g/mol. The number of benzene rings is 1. The molecule has 5 heteroatoms. The molecular formula is C13H15N3OS. The fourth-order valence-electron chi connectivity index (χ4n) is 1.50. The van der Waals surface area contributed by atoms with Crippen LogP contribution in [-0.2, 0) is 0 Å². The molecule has 0 fully saturated rings. The molecule has 2 rings (SSSR count). The largest absolute Gasteiger partial charge is 0.323 e. The second-order valence-corrected chi connectivity index (χ2v) is 5.08. The number of rotatable bonds is 4. The lowest BCUT2D eigenvalue weighted by Gasteiger charge is -2.11. The monoisotopic (exact) mass is 261 g/mol. The van der Waals surface area contributed by atoms with E-state index in [1.807, 2.05) is 31.2 Å². The highest BCUT2D eigenvalue weighted by Gasteiger charge is 2.07. The van der Waals surface area contributed by atoms with E-state index in [1.54, 1.807) is 0 Å². The average molecular weight is 261 g/mol. The predicted octanol–water partition coefficient (Wildman–Crippen LogP) is 1.87. The molecule has 0 aliphatic carbocycles. The van der Waals surface area contributed by atoms with Crippen molar-refractivity contribution in [3.63, 3.8) is 0 Å². The zero-order chi connectivity index (χ0) is 13.0. The van der Waals surface area contributed by atoms with Gasteiger partial charge in [0.2, 0.25) is 0 Å². The molecule has 0 bridgehead atoms. The molecule has 0 spiro atoms. The molecule has 3 N–H and O–H groups in total. The van der Waals surface area contributed by atoms with Crippen LogP contribution >= 0.6 is 11.8 Å². The number of hydrogen-bond donors (Lipinski definition) is 2. The Bertz CT molecular complexity index is 565. The average Bonchev–Trinajstić information content (AvgIpc) is 2.37. The van der Waals surface area contributed by atoms with Crippen molar-refractivity contribution < 1.29 is 0 Å². The first-order valence-electron chi connectivity index (χ1n) is 5.65. The molecule has 1 unspecified atom stereocenters. The van der Waals surface area contributed by atoms with Crippen LogP contribution < -0.4 is 11.3 Å². The van der Waals surface area contributed by atoms with Crippen LogP contribution in [0, 0.1) is 6.92 Å². The van der Waals surface area contributed by atoms with Crippen LogP contribution in [0.2, 0.25) is 0 Å². The molecule has 0 aliphatic heterocycles. The van der Waals surface area contributed by atoms with Crippen LogP contribution in [-0.4, -0.2) is 15.7 Å². The summed E-state index contributed by atoms with van der Waals surface area (Å²) in [5.74, 6) is 0.677. The summed E-state index contributed by atoms with van der Waals surface area (Å²) in [5.41, 5.74) is 8.25. The first-order chi connectivity index (χ1) is 8.65. The van der Waals surface area contributed by atoms with Crippen LogP contribution in [0.4, 0.5) is 0 Å². The Morgan fingerprint density at radius 1 is 1.33 bits per heavy atom. The predicted molar refractivity (Wildman–Crippen MR) is 73.7 cm³/mol. The van der Waals surface area contributed by atoms with Crippen molar-refractivity contribution in [2.75, 3.05) is 5.75 Å². The van der Waals surface area contributed by atoms with Crippen molar-refractivity contribution in [1.29, 1.82) is 0 Å². The highest BCUT2D eigenvalue weighted by Crippen LogP contribution is 2.19. The van der Waals surface area contributed by atoms with Crippen molar-refractivity contribution >= 4 is 11.8 Å².